The van der Waals surface area contributed by atoms with E-state index in [1.165, 1.54) is 19.3 Å². The van der Waals surface area contributed by atoms with Crippen LogP contribution in [-0.2, 0) is 0 Å². The van der Waals surface area contributed by atoms with Gasteiger partial charge in [0.2, 0.25) is 5.95 Å². The average Bonchev–Trinajstić information content (AvgIpc) is 3.54. The van der Waals surface area contributed by atoms with Gasteiger partial charge in [-0.15, -0.1) is 11.3 Å². The van der Waals surface area contributed by atoms with Crippen molar-refractivity contribution in [2.75, 3.05) is 17.2 Å². The number of thiazole rings is 1. The van der Waals surface area contributed by atoms with Crippen molar-refractivity contribution < 1.29 is 15.3 Å². The summed E-state index contributed by atoms with van der Waals surface area (Å²) in [5, 5.41) is 38.5. The molecule has 0 aromatic carbocycles. The van der Waals surface area contributed by atoms with Gasteiger partial charge in [0.05, 0.1) is 33.8 Å². The summed E-state index contributed by atoms with van der Waals surface area (Å²) >= 11 is 1.56. The van der Waals surface area contributed by atoms with Gasteiger partial charge in [-0.25, -0.2) is 9.97 Å². The second kappa shape index (κ2) is 10.5. The number of pyridine rings is 1. The van der Waals surface area contributed by atoms with Gasteiger partial charge >= 0.3 is 0 Å². The van der Waals surface area contributed by atoms with Crippen LogP contribution in [0.25, 0.3) is 20.8 Å². The Bertz CT molecular complexity index is 1220. The summed E-state index contributed by atoms with van der Waals surface area (Å²) in [7, 11) is 0. The third kappa shape index (κ3) is 4.79. The number of anilines is 2. The molecule has 2 fully saturated rings. The van der Waals surface area contributed by atoms with Crippen molar-refractivity contribution in [1.29, 1.82) is 0 Å². The molecule has 36 heavy (non-hydrogen) atoms. The van der Waals surface area contributed by atoms with E-state index in [1.54, 1.807) is 17.5 Å². The van der Waals surface area contributed by atoms with Crippen molar-refractivity contribution in [3.8, 4) is 10.6 Å². The van der Waals surface area contributed by atoms with Crippen LogP contribution in [0, 0.1) is 25.7 Å². The van der Waals surface area contributed by atoms with E-state index in [2.05, 4.69) is 22.5 Å². The molecule has 0 amide bonds. The first kappa shape index (κ1) is 25.3. The molecule has 10 heteroatoms. The Labute approximate surface area is 215 Å². The summed E-state index contributed by atoms with van der Waals surface area (Å²) in [5.74, 6) is 1.38. The highest BCUT2D eigenvalue weighted by atomic mass is 32.1. The van der Waals surface area contributed by atoms with Gasteiger partial charge in [0.1, 0.15) is 22.4 Å². The summed E-state index contributed by atoms with van der Waals surface area (Å²) in [6, 6.07) is 1.85. The largest absolute Gasteiger partial charge is 0.396 e. The molecule has 2 aliphatic carbocycles. The van der Waals surface area contributed by atoms with Crippen LogP contribution in [0.1, 0.15) is 56.8 Å². The lowest BCUT2D eigenvalue weighted by atomic mass is 9.98. The van der Waals surface area contributed by atoms with Crippen molar-refractivity contribution in [3.63, 3.8) is 0 Å². The molecule has 9 nitrogen and oxygen atoms in total. The van der Waals surface area contributed by atoms with E-state index in [-0.39, 0.29) is 12.5 Å². The molecule has 0 radical (unpaired) electrons. The summed E-state index contributed by atoms with van der Waals surface area (Å²) in [5.41, 5.74) is 3.29. The second-order valence-electron chi connectivity index (χ2n) is 10.3. The molecule has 2 aliphatic rings. The molecule has 0 saturated heterocycles. The summed E-state index contributed by atoms with van der Waals surface area (Å²) in [6.07, 6.45) is 6.12. The number of hydrogen-bond acceptors (Lipinski definition) is 10. The van der Waals surface area contributed by atoms with E-state index < -0.39 is 18.2 Å². The molecule has 5 N–H and O–H groups in total. The van der Waals surface area contributed by atoms with Crippen molar-refractivity contribution in [3.05, 3.63) is 23.7 Å². The zero-order chi connectivity index (χ0) is 25.4. The van der Waals surface area contributed by atoms with Crippen LogP contribution >= 0.6 is 11.3 Å². The molecular weight excluding hydrogens is 476 g/mol. The predicted molar refractivity (Wildman–Crippen MR) is 142 cm³/mol. The lowest BCUT2D eigenvalue weighted by molar-refractivity contribution is 0.00446. The Morgan fingerprint density at radius 2 is 1.83 bits per heavy atom. The Morgan fingerprint density at radius 1 is 1.00 bits per heavy atom. The number of aryl methyl sites for hydroxylation is 2. The monoisotopic (exact) mass is 512 g/mol. The summed E-state index contributed by atoms with van der Waals surface area (Å²) in [4.78, 5) is 19.0. The van der Waals surface area contributed by atoms with Gasteiger partial charge in [-0.05, 0) is 51.5 Å². The fourth-order valence-electron chi connectivity index (χ4n) is 5.82. The minimum Gasteiger partial charge on any atom is -0.396 e. The van der Waals surface area contributed by atoms with Gasteiger partial charge in [0, 0.05) is 24.8 Å². The first-order chi connectivity index (χ1) is 17.4. The maximum Gasteiger partial charge on any atom is 0.225 e. The van der Waals surface area contributed by atoms with Gasteiger partial charge in [0.25, 0.3) is 0 Å². The Morgan fingerprint density at radius 3 is 2.56 bits per heavy atom. The highest BCUT2D eigenvalue weighted by molar-refractivity contribution is 7.21. The number of nitrogens with one attached hydrogen (secondary N) is 2. The summed E-state index contributed by atoms with van der Waals surface area (Å²) in [6.45, 7) is 5.95. The van der Waals surface area contributed by atoms with E-state index in [0.29, 0.717) is 30.1 Å². The Hall–Kier alpha value is -2.40. The highest BCUT2D eigenvalue weighted by Crippen LogP contribution is 2.39. The highest BCUT2D eigenvalue weighted by Gasteiger charge is 2.41. The van der Waals surface area contributed by atoms with Gasteiger partial charge < -0.3 is 26.0 Å². The molecule has 3 aromatic heterocycles. The molecular formula is C26H36N6O3S. The van der Waals surface area contributed by atoms with Crippen molar-refractivity contribution in [1.82, 2.24) is 19.9 Å². The fraction of sp³-hybridized carbons (Fsp3) is 0.615. The maximum absolute atomic E-state index is 10.7. The fourth-order valence-corrected chi connectivity index (χ4v) is 6.93. The number of rotatable bonds is 8. The van der Waals surface area contributed by atoms with Crippen LogP contribution < -0.4 is 10.6 Å². The quantitative estimate of drug-likeness (QED) is 0.306. The van der Waals surface area contributed by atoms with Crippen molar-refractivity contribution in [2.45, 2.75) is 83.6 Å². The zero-order valence-corrected chi connectivity index (χ0v) is 21.9. The van der Waals surface area contributed by atoms with E-state index >= 15 is 0 Å². The lowest BCUT2D eigenvalue weighted by Gasteiger charge is -2.23. The topological polar surface area (TPSA) is 136 Å². The molecule has 0 spiro atoms. The average molecular weight is 513 g/mol. The predicted octanol–water partition coefficient (Wildman–Crippen LogP) is 3.66. The van der Waals surface area contributed by atoms with Crippen LogP contribution in [-0.4, -0.2) is 66.2 Å². The van der Waals surface area contributed by atoms with Gasteiger partial charge in [-0.3, -0.25) is 4.98 Å². The van der Waals surface area contributed by atoms with E-state index in [4.69, 9.17) is 15.0 Å². The molecule has 3 aromatic rings. The number of aromatic nitrogens is 4. The first-order valence-electron chi connectivity index (χ1n) is 13.0. The van der Waals surface area contributed by atoms with Gasteiger partial charge in [-0.2, -0.15) is 4.98 Å². The Kier molecular flexibility index (Phi) is 7.39. The summed E-state index contributed by atoms with van der Waals surface area (Å²) < 4.78 is 1.04. The Balaban J connectivity index is 1.53. The van der Waals surface area contributed by atoms with Gasteiger partial charge in [0.15, 0.2) is 0 Å². The van der Waals surface area contributed by atoms with Crippen molar-refractivity contribution >= 4 is 33.3 Å². The normalized spacial score (nSPS) is 28.2. The van der Waals surface area contributed by atoms with Crippen LogP contribution in [0.2, 0.25) is 0 Å². The molecule has 0 aliphatic heterocycles. The zero-order valence-electron chi connectivity index (χ0n) is 21.1. The third-order valence-corrected chi connectivity index (χ3v) is 8.82. The molecule has 194 valence electrons. The number of nitrogens with zero attached hydrogens (tertiary/aromatic N) is 4. The minimum absolute atomic E-state index is 0.177. The minimum atomic E-state index is -1.01. The standard InChI is InChI=1S/C26H36N6O3S/c1-4-6-15-7-5-8-17(15)30-26-28-13(2)20(25-31-21-14(3)27-10-9-19(21)36-25)24(32-26)29-18-11-16(12-33)22(34)23(18)35/h9-10,15-18,22-23,33-35H,4-8,11-12H2,1-3H3,(H2,28,29,30,32)/t15-,16-,17-,18-,22-,23+/m1/s1. The lowest BCUT2D eigenvalue weighted by Crippen LogP contribution is -2.36. The molecule has 0 unspecified atom stereocenters. The SMILES string of the molecule is CCC[C@@H]1CCC[C@H]1Nc1nc(C)c(-c2nc3c(C)nccc3s2)c(N[C@@H]2C[C@H](CO)[C@@H](O)[C@H]2O)n1. The van der Waals surface area contributed by atoms with Crippen LogP contribution in [0.3, 0.4) is 0 Å². The maximum atomic E-state index is 10.7. The number of fused-ring (bicyclic) bond motifs is 1. The molecule has 5 rings (SSSR count). The number of aliphatic hydroxyl groups is 3. The van der Waals surface area contributed by atoms with Crippen LogP contribution in [0.15, 0.2) is 12.3 Å². The van der Waals surface area contributed by atoms with Gasteiger partial charge in [-0.1, -0.05) is 19.8 Å². The second-order valence-corrected chi connectivity index (χ2v) is 11.3. The van der Waals surface area contributed by atoms with E-state index in [0.717, 1.165) is 45.0 Å². The number of aliphatic hydroxyl groups excluding tert-OH is 3. The molecule has 3 heterocycles. The van der Waals surface area contributed by atoms with Crippen LogP contribution in [0.5, 0.6) is 0 Å². The smallest absolute Gasteiger partial charge is 0.225 e. The number of hydrogen-bond donors (Lipinski definition) is 5. The van der Waals surface area contributed by atoms with E-state index in [9.17, 15) is 15.3 Å². The molecule has 2 saturated carbocycles. The molecule has 0 bridgehead atoms. The van der Waals surface area contributed by atoms with E-state index in [1.807, 2.05) is 19.9 Å². The molecule has 6 atom stereocenters. The first-order valence-corrected chi connectivity index (χ1v) is 13.8. The third-order valence-electron chi connectivity index (χ3n) is 7.79. The van der Waals surface area contributed by atoms with Crippen LogP contribution in [0.4, 0.5) is 11.8 Å². The van der Waals surface area contributed by atoms with Crippen molar-refractivity contribution in [2.24, 2.45) is 11.8 Å².